The van der Waals surface area contributed by atoms with Gasteiger partial charge in [-0.05, 0) is 12.1 Å². The molecule has 0 saturated carbocycles. The summed E-state index contributed by atoms with van der Waals surface area (Å²) in [5, 5.41) is 0. The molecule has 10 heavy (non-hydrogen) atoms. The van der Waals surface area contributed by atoms with Gasteiger partial charge in [0, 0.05) is 0 Å². The van der Waals surface area contributed by atoms with E-state index in [1.165, 1.54) is 6.26 Å². The summed E-state index contributed by atoms with van der Waals surface area (Å²) in [7, 11) is 0. The minimum Gasteiger partial charge on any atom is -0.466 e. The normalized spacial score (nSPS) is 7.60. The number of benzene rings is 1. The Morgan fingerprint density at radius 1 is 1.20 bits per heavy atom. The first-order chi connectivity index (χ1) is 4.43. The molecule has 0 saturated heterocycles. The van der Waals surface area contributed by atoms with E-state index >= 15 is 0 Å². The summed E-state index contributed by atoms with van der Waals surface area (Å²) in [5.74, 6) is 0.826. The van der Waals surface area contributed by atoms with Crippen molar-refractivity contribution in [1.29, 1.82) is 0 Å². The standard InChI is InChI=1S/C8H8O.CH4/c1-2-9-8-6-4-3-5-7-8;/h2-7H,1H2;1H4. The second-order valence-corrected chi connectivity index (χ2v) is 1.60. The van der Waals surface area contributed by atoms with Crippen LogP contribution in [0.3, 0.4) is 0 Å². The van der Waals surface area contributed by atoms with E-state index in [0.717, 1.165) is 5.75 Å². The second-order valence-electron chi connectivity index (χ2n) is 1.60. The molecule has 1 nitrogen and oxygen atoms in total. The average molecular weight is 136 g/mol. The molecule has 0 aliphatic heterocycles. The summed E-state index contributed by atoms with van der Waals surface area (Å²) < 4.78 is 4.97. The molecule has 0 atom stereocenters. The minimum atomic E-state index is 0. The van der Waals surface area contributed by atoms with Crippen molar-refractivity contribution in [2.24, 2.45) is 0 Å². The van der Waals surface area contributed by atoms with Crippen LogP contribution >= 0.6 is 0 Å². The average Bonchev–Trinajstić information content (AvgIpc) is 1.91. The number of hydrogen-bond donors (Lipinski definition) is 0. The summed E-state index contributed by atoms with van der Waals surface area (Å²) in [5.41, 5.74) is 0. The molecule has 1 aromatic rings. The van der Waals surface area contributed by atoms with Crippen LogP contribution in [0.25, 0.3) is 0 Å². The Morgan fingerprint density at radius 3 is 2.30 bits per heavy atom. The summed E-state index contributed by atoms with van der Waals surface area (Å²) in [6, 6.07) is 9.52. The van der Waals surface area contributed by atoms with Gasteiger partial charge in [-0.2, -0.15) is 0 Å². The molecule has 1 aromatic carbocycles. The molecule has 0 aliphatic rings. The van der Waals surface area contributed by atoms with Crippen molar-refractivity contribution in [3.8, 4) is 5.75 Å². The third-order valence-electron chi connectivity index (χ3n) is 0.963. The highest BCUT2D eigenvalue weighted by Gasteiger charge is 1.82. The van der Waals surface area contributed by atoms with Gasteiger partial charge in [-0.25, -0.2) is 0 Å². The maximum atomic E-state index is 4.97. The first-order valence-corrected chi connectivity index (χ1v) is 2.76. The lowest BCUT2D eigenvalue weighted by atomic mass is 10.3. The maximum Gasteiger partial charge on any atom is 0.126 e. The molecule has 1 heteroatoms. The topological polar surface area (TPSA) is 9.23 Å². The van der Waals surface area contributed by atoms with E-state index in [1.54, 1.807) is 0 Å². The molecule has 0 N–H and O–H groups in total. The van der Waals surface area contributed by atoms with Crippen LogP contribution in [0.4, 0.5) is 0 Å². The zero-order chi connectivity index (χ0) is 6.53. The molecular weight excluding hydrogens is 124 g/mol. The van der Waals surface area contributed by atoms with Crippen LogP contribution < -0.4 is 4.74 Å². The van der Waals surface area contributed by atoms with Crippen LogP contribution in [0.15, 0.2) is 43.2 Å². The number of rotatable bonds is 2. The molecule has 0 heterocycles. The fraction of sp³-hybridized carbons (Fsp3) is 0.111. The summed E-state index contributed by atoms with van der Waals surface area (Å²) in [4.78, 5) is 0. The molecule has 0 aliphatic carbocycles. The Kier molecular flexibility index (Phi) is 4.05. The zero-order valence-corrected chi connectivity index (χ0v) is 5.08. The van der Waals surface area contributed by atoms with Crippen LogP contribution in [-0.4, -0.2) is 0 Å². The van der Waals surface area contributed by atoms with Gasteiger partial charge in [0.05, 0.1) is 6.26 Å². The van der Waals surface area contributed by atoms with Gasteiger partial charge in [-0.3, -0.25) is 0 Å². The molecule has 0 aromatic heterocycles. The van der Waals surface area contributed by atoms with Crippen LogP contribution in [0.1, 0.15) is 7.43 Å². The summed E-state index contributed by atoms with van der Waals surface area (Å²) in [6.45, 7) is 3.43. The lowest BCUT2D eigenvalue weighted by molar-refractivity contribution is 0.483. The Morgan fingerprint density at radius 2 is 1.80 bits per heavy atom. The monoisotopic (exact) mass is 136 g/mol. The number of ether oxygens (including phenoxy) is 1. The van der Waals surface area contributed by atoms with Gasteiger partial charge in [0.15, 0.2) is 0 Å². The summed E-state index contributed by atoms with van der Waals surface area (Å²) >= 11 is 0. The minimum absolute atomic E-state index is 0. The van der Waals surface area contributed by atoms with Gasteiger partial charge in [-0.15, -0.1) is 0 Å². The third kappa shape index (κ3) is 2.35. The number of para-hydroxylation sites is 1. The van der Waals surface area contributed by atoms with Crippen molar-refractivity contribution in [3.63, 3.8) is 0 Å². The van der Waals surface area contributed by atoms with E-state index in [-0.39, 0.29) is 7.43 Å². The molecule has 0 amide bonds. The fourth-order valence-corrected chi connectivity index (χ4v) is 0.595. The molecular formula is C9H12O. The van der Waals surface area contributed by atoms with E-state index in [1.807, 2.05) is 30.3 Å². The lowest BCUT2D eigenvalue weighted by Crippen LogP contribution is -1.76. The predicted octanol–water partition coefficient (Wildman–Crippen LogP) is 2.85. The van der Waals surface area contributed by atoms with Gasteiger partial charge < -0.3 is 4.74 Å². The molecule has 54 valence electrons. The van der Waals surface area contributed by atoms with E-state index in [9.17, 15) is 0 Å². The van der Waals surface area contributed by atoms with E-state index in [0.29, 0.717) is 0 Å². The van der Waals surface area contributed by atoms with Gasteiger partial charge in [0.2, 0.25) is 0 Å². The highest BCUT2D eigenvalue weighted by atomic mass is 16.5. The molecule has 0 bridgehead atoms. The van der Waals surface area contributed by atoms with Gasteiger partial charge in [-0.1, -0.05) is 32.2 Å². The quantitative estimate of drug-likeness (QED) is 0.568. The maximum absolute atomic E-state index is 4.97. The molecule has 0 radical (unpaired) electrons. The van der Waals surface area contributed by atoms with Gasteiger partial charge in [0.25, 0.3) is 0 Å². The first kappa shape index (κ1) is 8.76. The van der Waals surface area contributed by atoms with Crippen LogP contribution in [-0.2, 0) is 0 Å². The third-order valence-corrected chi connectivity index (χ3v) is 0.963. The largest absolute Gasteiger partial charge is 0.466 e. The molecule has 0 spiro atoms. The van der Waals surface area contributed by atoms with Crippen LogP contribution in [0, 0.1) is 0 Å². The Labute approximate surface area is 62.0 Å². The SMILES string of the molecule is C.C=COc1ccccc1. The Bertz CT molecular complexity index is 179. The Hall–Kier alpha value is -1.24. The van der Waals surface area contributed by atoms with Crippen LogP contribution in [0.5, 0.6) is 5.75 Å². The smallest absolute Gasteiger partial charge is 0.126 e. The van der Waals surface area contributed by atoms with Crippen molar-refractivity contribution in [1.82, 2.24) is 0 Å². The lowest BCUT2D eigenvalue weighted by Gasteiger charge is -1.95. The molecule has 1 rings (SSSR count). The molecule has 0 fully saturated rings. The highest BCUT2D eigenvalue weighted by molar-refractivity contribution is 5.21. The van der Waals surface area contributed by atoms with Gasteiger partial charge in [0.1, 0.15) is 5.75 Å². The highest BCUT2D eigenvalue weighted by Crippen LogP contribution is 2.07. The predicted molar refractivity (Wildman–Crippen MR) is 44.0 cm³/mol. The number of hydrogen-bond acceptors (Lipinski definition) is 1. The van der Waals surface area contributed by atoms with Crippen molar-refractivity contribution in [2.45, 2.75) is 7.43 Å². The second kappa shape index (κ2) is 4.62. The van der Waals surface area contributed by atoms with Crippen molar-refractivity contribution < 1.29 is 4.74 Å². The van der Waals surface area contributed by atoms with E-state index < -0.39 is 0 Å². The molecule has 0 unspecified atom stereocenters. The van der Waals surface area contributed by atoms with Gasteiger partial charge >= 0.3 is 0 Å². The van der Waals surface area contributed by atoms with E-state index in [4.69, 9.17) is 4.74 Å². The van der Waals surface area contributed by atoms with Crippen molar-refractivity contribution in [3.05, 3.63) is 43.2 Å². The van der Waals surface area contributed by atoms with Crippen LogP contribution in [0.2, 0.25) is 0 Å². The fourth-order valence-electron chi connectivity index (χ4n) is 0.595. The Balaban J connectivity index is 0.000000810. The van der Waals surface area contributed by atoms with E-state index in [2.05, 4.69) is 6.58 Å². The van der Waals surface area contributed by atoms with Crippen molar-refractivity contribution >= 4 is 0 Å². The zero-order valence-electron chi connectivity index (χ0n) is 5.08. The first-order valence-electron chi connectivity index (χ1n) is 2.76. The summed E-state index contributed by atoms with van der Waals surface area (Å²) in [6.07, 6.45) is 1.41. The van der Waals surface area contributed by atoms with Crippen molar-refractivity contribution in [2.75, 3.05) is 0 Å².